The predicted octanol–water partition coefficient (Wildman–Crippen LogP) is 3.19. The predicted molar refractivity (Wildman–Crippen MR) is 98.2 cm³/mol. The zero-order valence-corrected chi connectivity index (χ0v) is 15.6. The van der Waals surface area contributed by atoms with Gasteiger partial charge in [-0.05, 0) is 12.1 Å². The molecule has 0 bridgehead atoms. The van der Waals surface area contributed by atoms with Crippen LogP contribution in [0.4, 0.5) is 4.39 Å². The summed E-state index contributed by atoms with van der Waals surface area (Å²) in [6.45, 7) is 3.58. The molecule has 1 N–H and O–H groups in total. The standard InChI is InChI=1S/C18H19Cl2FN2O3/c19-9-12-8-16(24)18(25)17(26-12)11-23-6-4-22(5-7-23)10-13-14(20)2-1-3-15(13)21/h1-3,8,25H,4-7,9-11H2. The van der Waals surface area contributed by atoms with Crippen molar-refractivity contribution in [2.45, 2.75) is 19.0 Å². The van der Waals surface area contributed by atoms with Crippen LogP contribution in [0, 0.1) is 5.82 Å². The highest BCUT2D eigenvalue weighted by molar-refractivity contribution is 6.31. The quantitative estimate of drug-likeness (QED) is 0.780. The zero-order chi connectivity index (χ0) is 18.7. The van der Waals surface area contributed by atoms with Gasteiger partial charge in [-0.3, -0.25) is 14.6 Å². The van der Waals surface area contributed by atoms with Gasteiger partial charge in [0.25, 0.3) is 0 Å². The first-order chi connectivity index (χ1) is 12.5. The molecule has 0 aliphatic carbocycles. The van der Waals surface area contributed by atoms with Gasteiger partial charge in [-0.25, -0.2) is 4.39 Å². The average Bonchev–Trinajstić information content (AvgIpc) is 2.63. The lowest BCUT2D eigenvalue weighted by molar-refractivity contribution is 0.113. The van der Waals surface area contributed by atoms with E-state index in [2.05, 4.69) is 9.80 Å². The molecule has 1 aromatic heterocycles. The maximum atomic E-state index is 13.9. The van der Waals surface area contributed by atoms with E-state index in [9.17, 15) is 14.3 Å². The molecule has 0 amide bonds. The summed E-state index contributed by atoms with van der Waals surface area (Å²) in [4.78, 5) is 15.9. The van der Waals surface area contributed by atoms with Gasteiger partial charge < -0.3 is 9.52 Å². The lowest BCUT2D eigenvalue weighted by Gasteiger charge is -2.34. The largest absolute Gasteiger partial charge is 0.502 e. The molecule has 2 aromatic rings. The Morgan fingerprint density at radius 3 is 2.42 bits per heavy atom. The van der Waals surface area contributed by atoms with Crippen LogP contribution in [0.1, 0.15) is 17.1 Å². The van der Waals surface area contributed by atoms with Crippen molar-refractivity contribution in [1.82, 2.24) is 9.80 Å². The van der Waals surface area contributed by atoms with Gasteiger partial charge in [-0.1, -0.05) is 17.7 Å². The Kier molecular flexibility index (Phi) is 6.19. The first-order valence-corrected chi connectivity index (χ1v) is 9.17. The van der Waals surface area contributed by atoms with E-state index in [-0.39, 0.29) is 23.2 Å². The summed E-state index contributed by atoms with van der Waals surface area (Å²) in [5.41, 5.74) is 0.0100. The van der Waals surface area contributed by atoms with Crippen molar-refractivity contribution in [1.29, 1.82) is 0 Å². The van der Waals surface area contributed by atoms with Crippen LogP contribution in [-0.2, 0) is 19.0 Å². The van der Waals surface area contributed by atoms with E-state index in [0.29, 0.717) is 55.6 Å². The lowest BCUT2D eigenvalue weighted by atomic mass is 10.1. The summed E-state index contributed by atoms with van der Waals surface area (Å²) in [6.07, 6.45) is 0. The van der Waals surface area contributed by atoms with Gasteiger partial charge in [0.2, 0.25) is 11.2 Å². The van der Waals surface area contributed by atoms with Crippen LogP contribution >= 0.6 is 23.2 Å². The first kappa shape index (κ1) is 19.2. The number of hydrogen-bond donors (Lipinski definition) is 1. The normalized spacial score (nSPS) is 16.1. The summed E-state index contributed by atoms with van der Waals surface area (Å²) in [5, 5.41) is 10.3. The van der Waals surface area contributed by atoms with Gasteiger partial charge in [0.1, 0.15) is 11.6 Å². The summed E-state index contributed by atoms with van der Waals surface area (Å²) < 4.78 is 19.4. The van der Waals surface area contributed by atoms with E-state index in [4.69, 9.17) is 27.6 Å². The molecule has 2 heterocycles. The molecular weight excluding hydrogens is 382 g/mol. The molecule has 1 saturated heterocycles. The molecule has 1 fully saturated rings. The number of benzene rings is 1. The van der Waals surface area contributed by atoms with E-state index in [1.54, 1.807) is 12.1 Å². The highest BCUT2D eigenvalue weighted by atomic mass is 35.5. The zero-order valence-electron chi connectivity index (χ0n) is 14.1. The van der Waals surface area contributed by atoms with Gasteiger partial charge >= 0.3 is 0 Å². The molecule has 0 unspecified atom stereocenters. The molecule has 1 aliphatic rings. The summed E-state index contributed by atoms with van der Waals surface area (Å²) in [7, 11) is 0. The van der Waals surface area contributed by atoms with Gasteiger partial charge in [-0.15, -0.1) is 11.6 Å². The summed E-state index contributed by atoms with van der Waals surface area (Å²) in [6, 6.07) is 5.88. The molecule has 140 valence electrons. The summed E-state index contributed by atoms with van der Waals surface area (Å²) >= 11 is 11.8. The minimum Gasteiger partial charge on any atom is -0.502 e. The molecule has 0 radical (unpaired) electrons. The molecular formula is C18H19Cl2FN2O3. The van der Waals surface area contributed by atoms with Gasteiger partial charge in [0.05, 0.1) is 12.4 Å². The smallest absolute Gasteiger partial charge is 0.227 e. The van der Waals surface area contributed by atoms with Gasteiger partial charge in [0.15, 0.2) is 5.76 Å². The van der Waals surface area contributed by atoms with E-state index in [1.807, 2.05) is 0 Å². The summed E-state index contributed by atoms with van der Waals surface area (Å²) in [5.74, 6) is -0.0559. The second kappa shape index (κ2) is 8.39. The topological polar surface area (TPSA) is 56.9 Å². The maximum Gasteiger partial charge on any atom is 0.227 e. The van der Waals surface area contributed by atoms with Gasteiger partial charge in [-0.2, -0.15) is 0 Å². The number of nitrogens with zero attached hydrogens (tertiary/aromatic N) is 2. The molecule has 0 atom stereocenters. The minimum atomic E-state index is -0.491. The second-order valence-corrected chi connectivity index (χ2v) is 6.91. The number of rotatable bonds is 5. The molecule has 0 saturated carbocycles. The number of hydrogen-bond acceptors (Lipinski definition) is 5. The van der Waals surface area contributed by atoms with Crippen LogP contribution in [0.15, 0.2) is 33.5 Å². The van der Waals surface area contributed by atoms with E-state index < -0.39 is 5.43 Å². The molecule has 0 spiro atoms. The van der Waals surface area contributed by atoms with Crippen LogP contribution in [0.25, 0.3) is 0 Å². The first-order valence-electron chi connectivity index (χ1n) is 8.26. The van der Waals surface area contributed by atoms with Crippen molar-refractivity contribution in [3.8, 4) is 5.75 Å². The Morgan fingerprint density at radius 1 is 1.15 bits per heavy atom. The van der Waals surface area contributed by atoms with Crippen LogP contribution in [0.3, 0.4) is 0 Å². The van der Waals surface area contributed by atoms with Gasteiger partial charge in [0, 0.05) is 49.4 Å². The molecule has 26 heavy (non-hydrogen) atoms. The van der Waals surface area contributed by atoms with E-state index in [0.717, 1.165) is 0 Å². The van der Waals surface area contributed by atoms with Crippen molar-refractivity contribution in [2.24, 2.45) is 0 Å². The average molecular weight is 401 g/mol. The van der Waals surface area contributed by atoms with Crippen molar-refractivity contribution >= 4 is 23.2 Å². The Labute approximate surface area is 160 Å². The Morgan fingerprint density at radius 2 is 1.81 bits per heavy atom. The number of alkyl halides is 1. The van der Waals surface area contributed by atoms with Crippen LogP contribution in [-0.4, -0.2) is 41.1 Å². The maximum absolute atomic E-state index is 13.9. The Hall–Kier alpha value is -1.60. The highest BCUT2D eigenvalue weighted by Gasteiger charge is 2.22. The number of aromatic hydroxyl groups is 1. The fraction of sp³-hybridized carbons (Fsp3) is 0.389. The second-order valence-electron chi connectivity index (χ2n) is 6.23. The van der Waals surface area contributed by atoms with Crippen molar-refractivity contribution in [3.05, 3.63) is 62.4 Å². The minimum absolute atomic E-state index is 0.0691. The number of piperazine rings is 1. The molecule has 5 nitrogen and oxygen atoms in total. The monoisotopic (exact) mass is 400 g/mol. The molecule has 3 rings (SSSR count). The third-order valence-electron chi connectivity index (χ3n) is 4.45. The van der Waals surface area contributed by atoms with Crippen molar-refractivity contribution in [3.63, 3.8) is 0 Å². The fourth-order valence-corrected chi connectivity index (χ4v) is 3.33. The SMILES string of the molecule is O=c1cc(CCl)oc(CN2CCN(Cc3c(F)cccc3Cl)CC2)c1O. The Bertz CT molecular complexity index is 815. The Balaban J connectivity index is 1.61. The molecule has 1 aromatic carbocycles. The third-order valence-corrected chi connectivity index (χ3v) is 5.07. The van der Waals surface area contributed by atoms with Crippen LogP contribution < -0.4 is 5.43 Å². The fourth-order valence-electron chi connectivity index (χ4n) is 2.98. The van der Waals surface area contributed by atoms with Crippen LogP contribution in [0.2, 0.25) is 5.02 Å². The molecule has 1 aliphatic heterocycles. The van der Waals surface area contributed by atoms with E-state index in [1.165, 1.54) is 12.1 Å². The van der Waals surface area contributed by atoms with Crippen LogP contribution in [0.5, 0.6) is 5.75 Å². The molecule has 8 heteroatoms. The van der Waals surface area contributed by atoms with Crippen molar-refractivity contribution < 1.29 is 13.9 Å². The van der Waals surface area contributed by atoms with Crippen molar-refractivity contribution in [2.75, 3.05) is 26.2 Å². The number of halogens is 3. The van der Waals surface area contributed by atoms with E-state index >= 15 is 0 Å². The third kappa shape index (κ3) is 4.38. The highest BCUT2D eigenvalue weighted by Crippen LogP contribution is 2.22. The lowest BCUT2D eigenvalue weighted by Crippen LogP contribution is -2.45.